The highest BCUT2D eigenvalue weighted by Crippen LogP contribution is 2.39. The number of hydrogen-bond acceptors (Lipinski definition) is 7. The number of hydrogen-bond donors (Lipinski definition) is 4. The SMILES string of the molecule is Cc1sc2cc(C(=O)NNC(=O)C(=O)O)[nH]c2c1N(C)S(=O)(=O)c1cccs1. The molecular formula is C15H14N4O6S3. The van der Waals surface area contributed by atoms with Gasteiger partial charge in [-0.2, -0.15) is 0 Å². The van der Waals surface area contributed by atoms with Crippen molar-refractivity contribution >= 4 is 66.4 Å². The van der Waals surface area contributed by atoms with E-state index in [0.717, 1.165) is 20.5 Å². The van der Waals surface area contributed by atoms with Crippen LogP contribution in [0.5, 0.6) is 0 Å². The van der Waals surface area contributed by atoms with Crippen LogP contribution < -0.4 is 15.2 Å². The number of aromatic nitrogens is 1. The van der Waals surface area contributed by atoms with Gasteiger partial charge < -0.3 is 10.1 Å². The van der Waals surface area contributed by atoms with Gasteiger partial charge in [-0.3, -0.25) is 24.7 Å². The van der Waals surface area contributed by atoms with Crippen LogP contribution in [0.3, 0.4) is 0 Å². The summed E-state index contributed by atoms with van der Waals surface area (Å²) in [6, 6.07) is 4.64. The molecule has 0 atom stereocenters. The van der Waals surface area contributed by atoms with E-state index in [4.69, 9.17) is 5.11 Å². The Morgan fingerprint density at radius 2 is 1.96 bits per heavy atom. The molecule has 0 spiro atoms. The van der Waals surface area contributed by atoms with Crippen LogP contribution in [0, 0.1) is 6.92 Å². The van der Waals surface area contributed by atoms with E-state index in [-0.39, 0.29) is 9.90 Å². The minimum atomic E-state index is -3.76. The molecule has 0 fully saturated rings. The number of fused-ring (bicyclic) bond motifs is 1. The maximum absolute atomic E-state index is 12.8. The fourth-order valence-electron chi connectivity index (χ4n) is 2.48. The van der Waals surface area contributed by atoms with E-state index in [2.05, 4.69) is 4.98 Å². The van der Waals surface area contributed by atoms with Gasteiger partial charge in [0.05, 0.1) is 15.9 Å². The van der Waals surface area contributed by atoms with Gasteiger partial charge in [-0.25, -0.2) is 13.2 Å². The van der Waals surface area contributed by atoms with Gasteiger partial charge in [-0.1, -0.05) is 6.07 Å². The van der Waals surface area contributed by atoms with Crippen molar-refractivity contribution in [3.63, 3.8) is 0 Å². The molecule has 3 aromatic rings. The van der Waals surface area contributed by atoms with E-state index < -0.39 is 27.8 Å². The highest BCUT2D eigenvalue weighted by molar-refractivity contribution is 7.94. The zero-order valence-corrected chi connectivity index (χ0v) is 16.9. The number of aryl methyl sites for hydroxylation is 1. The van der Waals surface area contributed by atoms with E-state index >= 15 is 0 Å². The lowest BCUT2D eigenvalue weighted by Gasteiger charge is -2.18. The molecule has 0 bridgehead atoms. The molecule has 0 radical (unpaired) electrons. The molecule has 0 aliphatic heterocycles. The summed E-state index contributed by atoms with van der Waals surface area (Å²) in [7, 11) is -2.33. The zero-order valence-electron chi connectivity index (χ0n) is 14.5. The van der Waals surface area contributed by atoms with E-state index in [1.165, 1.54) is 30.5 Å². The number of hydrazine groups is 1. The molecule has 2 amide bonds. The number of carbonyl (C=O) groups excluding carboxylic acids is 2. The van der Waals surface area contributed by atoms with Gasteiger partial charge in [-0.15, -0.1) is 22.7 Å². The number of carboxylic acid groups (broad SMARTS) is 1. The minimum Gasteiger partial charge on any atom is -0.474 e. The molecule has 10 nitrogen and oxygen atoms in total. The predicted molar refractivity (Wildman–Crippen MR) is 104 cm³/mol. The van der Waals surface area contributed by atoms with Crippen molar-refractivity contribution in [3.05, 3.63) is 34.2 Å². The number of nitrogens with zero attached hydrogens (tertiary/aromatic N) is 1. The van der Waals surface area contributed by atoms with Crippen molar-refractivity contribution in [1.82, 2.24) is 15.8 Å². The lowest BCUT2D eigenvalue weighted by molar-refractivity contribution is -0.150. The van der Waals surface area contributed by atoms with E-state index in [9.17, 15) is 22.8 Å². The molecule has 0 aromatic carbocycles. The van der Waals surface area contributed by atoms with Crippen molar-refractivity contribution in [2.75, 3.05) is 11.4 Å². The molecule has 13 heteroatoms. The molecule has 0 saturated heterocycles. The van der Waals surface area contributed by atoms with Gasteiger partial charge in [-0.05, 0) is 24.4 Å². The number of carbonyl (C=O) groups is 3. The Morgan fingerprint density at radius 1 is 1.25 bits per heavy atom. The van der Waals surface area contributed by atoms with Gasteiger partial charge in [0.2, 0.25) is 0 Å². The quantitative estimate of drug-likeness (QED) is 0.353. The average Bonchev–Trinajstić information content (AvgIpc) is 3.34. The number of H-pyrrole nitrogens is 1. The summed E-state index contributed by atoms with van der Waals surface area (Å²) in [6.07, 6.45) is 0. The average molecular weight is 443 g/mol. The van der Waals surface area contributed by atoms with Gasteiger partial charge in [0.25, 0.3) is 15.9 Å². The molecule has 28 heavy (non-hydrogen) atoms. The van der Waals surface area contributed by atoms with Crippen LogP contribution in [0.4, 0.5) is 5.69 Å². The number of anilines is 1. The summed E-state index contributed by atoms with van der Waals surface area (Å²) in [5.41, 5.74) is 4.61. The third-order valence-corrected chi connectivity index (χ3v) is 7.94. The van der Waals surface area contributed by atoms with Crippen molar-refractivity contribution in [2.45, 2.75) is 11.1 Å². The number of carboxylic acids is 1. The second-order valence-corrected chi connectivity index (χ2v) is 9.95. The summed E-state index contributed by atoms with van der Waals surface area (Å²) in [4.78, 5) is 37.1. The fraction of sp³-hybridized carbons (Fsp3) is 0.133. The standard InChI is InChI=1S/C15H14N4O6S3/c1-7-12(19(2)28(24,25)10-4-3-5-26-10)11-9(27-7)6-8(16-11)13(20)17-18-14(21)15(22)23/h3-6,16H,1-2H3,(H,17,20)(H,18,21)(H,22,23). The summed E-state index contributed by atoms with van der Waals surface area (Å²) < 4.78 is 27.6. The highest BCUT2D eigenvalue weighted by Gasteiger charge is 2.28. The number of aliphatic carboxylic acids is 1. The summed E-state index contributed by atoms with van der Waals surface area (Å²) >= 11 is 2.39. The van der Waals surface area contributed by atoms with E-state index in [1.807, 2.05) is 5.43 Å². The number of nitrogens with one attached hydrogen (secondary N) is 3. The monoisotopic (exact) mass is 442 g/mol. The van der Waals surface area contributed by atoms with Crippen LogP contribution in [-0.4, -0.2) is 43.3 Å². The molecule has 4 N–H and O–H groups in total. The topological polar surface area (TPSA) is 149 Å². The second-order valence-electron chi connectivity index (χ2n) is 5.55. The maximum atomic E-state index is 12.8. The molecule has 0 saturated carbocycles. The Morgan fingerprint density at radius 3 is 2.57 bits per heavy atom. The maximum Gasteiger partial charge on any atom is 0.396 e. The third-order valence-electron chi connectivity index (χ3n) is 3.77. The van der Waals surface area contributed by atoms with Crippen LogP contribution in [0.2, 0.25) is 0 Å². The van der Waals surface area contributed by atoms with E-state index in [0.29, 0.717) is 15.9 Å². The van der Waals surface area contributed by atoms with Gasteiger partial charge in [0.15, 0.2) is 0 Å². The first-order valence-electron chi connectivity index (χ1n) is 7.61. The van der Waals surface area contributed by atoms with Crippen molar-refractivity contribution < 1.29 is 27.9 Å². The molecule has 3 aromatic heterocycles. The Kier molecular flexibility index (Phi) is 5.14. The molecule has 0 aliphatic rings. The first-order chi connectivity index (χ1) is 13.1. The molecule has 0 unspecified atom stereocenters. The minimum absolute atomic E-state index is 0.0371. The molecular weight excluding hydrogens is 428 g/mol. The first-order valence-corrected chi connectivity index (χ1v) is 10.7. The number of aromatic amines is 1. The summed E-state index contributed by atoms with van der Waals surface area (Å²) in [6.45, 7) is 1.76. The Labute approximate surface area is 166 Å². The molecule has 148 valence electrons. The summed E-state index contributed by atoms with van der Waals surface area (Å²) in [5.74, 6) is -3.91. The lowest BCUT2D eigenvalue weighted by atomic mass is 10.3. The van der Waals surface area contributed by atoms with Crippen LogP contribution in [-0.2, 0) is 19.6 Å². The van der Waals surface area contributed by atoms with Gasteiger partial charge in [0, 0.05) is 11.9 Å². The molecule has 3 heterocycles. The van der Waals surface area contributed by atoms with Crippen LogP contribution in [0.25, 0.3) is 10.2 Å². The highest BCUT2D eigenvalue weighted by atomic mass is 32.2. The van der Waals surface area contributed by atoms with Crippen LogP contribution in [0.15, 0.2) is 27.8 Å². The van der Waals surface area contributed by atoms with Crippen molar-refractivity contribution in [2.24, 2.45) is 0 Å². The molecule has 3 rings (SSSR count). The van der Waals surface area contributed by atoms with Crippen LogP contribution in [0.1, 0.15) is 15.4 Å². The number of sulfonamides is 1. The Balaban J connectivity index is 1.93. The lowest BCUT2D eigenvalue weighted by Crippen LogP contribution is -2.44. The van der Waals surface area contributed by atoms with Gasteiger partial charge >= 0.3 is 11.9 Å². The molecule has 0 aliphatic carbocycles. The first kappa shape index (κ1) is 19.9. The predicted octanol–water partition coefficient (Wildman–Crippen LogP) is 1.27. The number of rotatable bonds is 4. The number of thiophene rings is 2. The van der Waals surface area contributed by atoms with Crippen molar-refractivity contribution in [1.29, 1.82) is 0 Å². The smallest absolute Gasteiger partial charge is 0.396 e. The fourth-order valence-corrected chi connectivity index (χ4v) is 6.06. The Bertz CT molecular complexity index is 1180. The number of amides is 2. The Hall–Kier alpha value is -2.90. The second kappa shape index (κ2) is 7.26. The largest absolute Gasteiger partial charge is 0.474 e. The van der Waals surface area contributed by atoms with E-state index in [1.54, 1.807) is 23.8 Å². The van der Waals surface area contributed by atoms with Crippen LogP contribution >= 0.6 is 22.7 Å². The van der Waals surface area contributed by atoms with Crippen molar-refractivity contribution in [3.8, 4) is 0 Å². The summed E-state index contributed by atoms with van der Waals surface area (Å²) in [5, 5.41) is 10.2. The third kappa shape index (κ3) is 3.46. The zero-order chi connectivity index (χ0) is 20.6. The normalized spacial score (nSPS) is 11.4. The van der Waals surface area contributed by atoms with Gasteiger partial charge in [0.1, 0.15) is 9.90 Å².